The molecule has 1 atom stereocenters. The average Bonchev–Trinajstić information content (AvgIpc) is 2.28. The van der Waals surface area contributed by atoms with Crippen LogP contribution in [0.1, 0.15) is 32.6 Å². The first kappa shape index (κ1) is 12.3. The van der Waals surface area contributed by atoms with Crippen molar-refractivity contribution < 1.29 is 4.79 Å². The second kappa shape index (κ2) is 5.95. The van der Waals surface area contributed by atoms with E-state index in [0.29, 0.717) is 19.1 Å². The standard InChI is InChI=1S/C11H23N3O/c1-3-10-6-4-5-8-14(10)11(15)13(2)9-7-12/h10H,3-9,12H2,1-2H3. The Bertz CT molecular complexity index is 208. The van der Waals surface area contributed by atoms with Crippen molar-refractivity contribution in [3.63, 3.8) is 0 Å². The van der Waals surface area contributed by atoms with Gasteiger partial charge >= 0.3 is 6.03 Å². The van der Waals surface area contributed by atoms with Gasteiger partial charge in [0.25, 0.3) is 0 Å². The number of nitrogens with zero attached hydrogens (tertiary/aromatic N) is 2. The van der Waals surface area contributed by atoms with Crippen LogP contribution in [-0.4, -0.2) is 48.6 Å². The van der Waals surface area contributed by atoms with Crippen LogP contribution in [-0.2, 0) is 0 Å². The molecule has 2 N–H and O–H groups in total. The highest BCUT2D eigenvalue weighted by Gasteiger charge is 2.26. The minimum Gasteiger partial charge on any atom is -0.329 e. The Hall–Kier alpha value is -0.770. The van der Waals surface area contributed by atoms with E-state index in [1.165, 1.54) is 6.42 Å². The van der Waals surface area contributed by atoms with E-state index in [1.54, 1.807) is 4.90 Å². The van der Waals surface area contributed by atoms with E-state index in [-0.39, 0.29) is 6.03 Å². The monoisotopic (exact) mass is 213 g/mol. The van der Waals surface area contributed by atoms with E-state index in [9.17, 15) is 4.79 Å². The van der Waals surface area contributed by atoms with E-state index < -0.39 is 0 Å². The third-order valence-electron chi connectivity index (χ3n) is 3.14. The molecule has 0 bridgehead atoms. The largest absolute Gasteiger partial charge is 0.329 e. The minimum absolute atomic E-state index is 0.145. The highest BCUT2D eigenvalue weighted by Crippen LogP contribution is 2.20. The zero-order valence-corrected chi connectivity index (χ0v) is 9.91. The quantitative estimate of drug-likeness (QED) is 0.767. The predicted octanol–water partition coefficient (Wildman–Crippen LogP) is 1.26. The number of carbonyl (C=O) groups excluding carboxylic acids is 1. The molecular formula is C11H23N3O. The molecule has 0 aromatic heterocycles. The zero-order chi connectivity index (χ0) is 11.3. The summed E-state index contributed by atoms with van der Waals surface area (Å²) in [6.07, 6.45) is 4.60. The van der Waals surface area contributed by atoms with Gasteiger partial charge in [-0.05, 0) is 25.7 Å². The number of nitrogens with two attached hydrogens (primary N) is 1. The summed E-state index contributed by atoms with van der Waals surface area (Å²) in [5.41, 5.74) is 5.45. The van der Waals surface area contributed by atoms with Crippen LogP contribution in [0.5, 0.6) is 0 Å². The highest BCUT2D eigenvalue weighted by molar-refractivity contribution is 5.74. The summed E-state index contributed by atoms with van der Waals surface area (Å²) < 4.78 is 0. The molecule has 0 aliphatic carbocycles. The molecule has 1 unspecified atom stereocenters. The molecule has 1 saturated heterocycles. The number of rotatable bonds is 3. The number of hydrogen-bond donors (Lipinski definition) is 1. The van der Waals surface area contributed by atoms with Crippen molar-refractivity contribution in [1.82, 2.24) is 9.80 Å². The molecule has 0 spiro atoms. The summed E-state index contributed by atoms with van der Waals surface area (Å²) in [4.78, 5) is 15.8. The summed E-state index contributed by atoms with van der Waals surface area (Å²) >= 11 is 0. The topological polar surface area (TPSA) is 49.6 Å². The van der Waals surface area contributed by atoms with Gasteiger partial charge in [0.15, 0.2) is 0 Å². The maximum Gasteiger partial charge on any atom is 0.320 e. The molecule has 2 amide bonds. The average molecular weight is 213 g/mol. The van der Waals surface area contributed by atoms with Gasteiger partial charge in [-0.2, -0.15) is 0 Å². The summed E-state index contributed by atoms with van der Waals surface area (Å²) in [6.45, 7) is 4.24. The van der Waals surface area contributed by atoms with Gasteiger partial charge in [0.05, 0.1) is 0 Å². The molecule has 0 aromatic rings. The van der Waals surface area contributed by atoms with E-state index in [2.05, 4.69) is 6.92 Å². The molecule has 15 heavy (non-hydrogen) atoms. The van der Waals surface area contributed by atoms with Gasteiger partial charge < -0.3 is 15.5 Å². The summed E-state index contributed by atoms with van der Waals surface area (Å²) in [7, 11) is 1.83. The smallest absolute Gasteiger partial charge is 0.320 e. The molecular weight excluding hydrogens is 190 g/mol. The van der Waals surface area contributed by atoms with E-state index in [1.807, 2.05) is 11.9 Å². The number of likely N-dealkylation sites (tertiary alicyclic amines) is 1. The van der Waals surface area contributed by atoms with Gasteiger partial charge in [-0.25, -0.2) is 4.79 Å². The lowest BCUT2D eigenvalue weighted by atomic mass is 10.0. The Morgan fingerprint density at radius 2 is 2.27 bits per heavy atom. The molecule has 1 heterocycles. The van der Waals surface area contributed by atoms with Crippen molar-refractivity contribution in [3.8, 4) is 0 Å². The van der Waals surface area contributed by atoms with E-state index >= 15 is 0 Å². The normalized spacial score (nSPS) is 21.5. The molecule has 0 aromatic carbocycles. The van der Waals surface area contributed by atoms with Crippen LogP contribution in [0, 0.1) is 0 Å². The molecule has 0 saturated carbocycles. The molecule has 1 aliphatic rings. The Kier molecular flexibility index (Phi) is 4.88. The number of carbonyl (C=O) groups is 1. The van der Waals surface area contributed by atoms with Crippen molar-refractivity contribution in [2.75, 3.05) is 26.7 Å². The summed E-state index contributed by atoms with van der Waals surface area (Å²) in [5, 5.41) is 0. The van der Waals surface area contributed by atoms with Crippen molar-refractivity contribution in [2.45, 2.75) is 38.6 Å². The Labute approximate surface area is 92.4 Å². The second-order valence-corrected chi connectivity index (χ2v) is 4.24. The van der Waals surface area contributed by atoms with Crippen LogP contribution in [0.4, 0.5) is 4.79 Å². The van der Waals surface area contributed by atoms with E-state index in [4.69, 9.17) is 5.73 Å². The number of piperidine rings is 1. The van der Waals surface area contributed by atoms with Crippen molar-refractivity contribution in [3.05, 3.63) is 0 Å². The fourth-order valence-electron chi connectivity index (χ4n) is 2.19. The molecule has 4 nitrogen and oxygen atoms in total. The van der Waals surface area contributed by atoms with E-state index in [0.717, 1.165) is 25.8 Å². The van der Waals surface area contributed by atoms with Gasteiger partial charge in [-0.3, -0.25) is 0 Å². The van der Waals surface area contributed by atoms with Crippen LogP contribution >= 0.6 is 0 Å². The molecule has 1 aliphatic heterocycles. The van der Waals surface area contributed by atoms with Gasteiger partial charge in [-0.1, -0.05) is 6.92 Å². The lowest BCUT2D eigenvalue weighted by molar-refractivity contribution is 0.121. The lowest BCUT2D eigenvalue weighted by Gasteiger charge is -2.37. The predicted molar refractivity (Wildman–Crippen MR) is 61.7 cm³/mol. The van der Waals surface area contributed by atoms with Crippen LogP contribution in [0.2, 0.25) is 0 Å². The van der Waals surface area contributed by atoms with Crippen molar-refractivity contribution in [2.24, 2.45) is 5.73 Å². The second-order valence-electron chi connectivity index (χ2n) is 4.24. The summed E-state index contributed by atoms with van der Waals surface area (Å²) in [5.74, 6) is 0. The molecule has 1 rings (SSSR count). The Morgan fingerprint density at radius 3 is 2.87 bits per heavy atom. The first-order valence-corrected chi connectivity index (χ1v) is 5.92. The number of likely N-dealkylation sites (N-methyl/N-ethyl adjacent to an activating group) is 1. The first-order valence-electron chi connectivity index (χ1n) is 5.92. The first-order chi connectivity index (χ1) is 7.20. The molecule has 1 fully saturated rings. The van der Waals surface area contributed by atoms with Crippen molar-refractivity contribution >= 4 is 6.03 Å². The maximum absolute atomic E-state index is 12.1. The fraction of sp³-hybridized carbons (Fsp3) is 0.909. The summed E-state index contributed by atoms with van der Waals surface area (Å²) in [6, 6.07) is 0.582. The van der Waals surface area contributed by atoms with Gasteiger partial charge in [0, 0.05) is 32.7 Å². The highest BCUT2D eigenvalue weighted by atomic mass is 16.2. The number of urea groups is 1. The number of hydrogen-bond acceptors (Lipinski definition) is 2. The van der Waals surface area contributed by atoms with Gasteiger partial charge in [-0.15, -0.1) is 0 Å². The molecule has 0 radical (unpaired) electrons. The lowest BCUT2D eigenvalue weighted by Crippen LogP contribution is -2.49. The maximum atomic E-state index is 12.1. The molecule has 4 heteroatoms. The Balaban J connectivity index is 2.55. The third-order valence-corrected chi connectivity index (χ3v) is 3.14. The Morgan fingerprint density at radius 1 is 1.53 bits per heavy atom. The number of amides is 2. The minimum atomic E-state index is 0.145. The van der Waals surface area contributed by atoms with Crippen LogP contribution in [0.15, 0.2) is 0 Å². The van der Waals surface area contributed by atoms with Gasteiger partial charge in [0.2, 0.25) is 0 Å². The van der Waals surface area contributed by atoms with Crippen molar-refractivity contribution in [1.29, 1.82) is 0 Å². The van der Waals surface area contributed by atoms with Crippen LogP contribution in [0.25, 0.3) is 0 Å². The fourth-order valence-corrected chi connectivity index (χ4v) is 2.19. The third kappa shape index (κ3) is 3.09. The van der Waals surface area contributed by atoms with Gasteiger partial charge in [0.1, 0.15) is 0 Å². The zero-order valence-electron chi connectivity index (χ0n) is 9.91. The van der Waals surface area contributed by atoms with Crippen LogP contribution in [0.3, 0.4) is 0 Å². The molecule has 88 valence electrons. The van der Waals surface area contributed by atoms with Crippen LogP contribution < -0.4 is 5.73 Å². The SMILES string of the molecule is CCC1CCCCN1C(=O)N(C)CCN.